The van der Waals surface area contributed by atoms with Crippen molar-refractivity contribution in [1.82, 2.24) is 4.90 Å². The van der Waals surface area contributed by atoms with Crippen molar-refractivity contribution in [2.75, 3.05) is 26.3 Å². The summed E-state index contributed by atoms with van der Waals surface area (Å²) in [5.74, 6) is -0.119. The smallest absolute Gasteiger partial charge is 0.309 e. The molecule has 3 aliphatic heterocycles. The van der Waals surface area contributed by atoms with Gasteiger partial charge in [-0.15, -0.1) is 0 Å². The van der Waals surface area contributed by atoms with Gasteiger partial charge in [0.1, 0.15) is 18.4 Å². The molecule has 3 saturated heterocycles. The second-order valence-corrected chi connectivity index (χ2v) is 6.37. The van der Waals surface area contributed by atoms with Crippen LogP contribution in [0.5, 0.6) is 0 Å². The summed E-state index contributed by atoms with van der Waals surface area (Å²) in [4.78, 5) is 14.5. The largest absolute Gasteiger partial charge is 0.461 e. The SMILES string of the molecule is O=C(CC(O)(C[18F])c1ccccc1)OC1CN2CCC1CC2. The molecule has 4 nitrogen and oxygen atoms in total. The molecule has 4 rings (SSSR count). The van der Waals surface area contributed by atoms with Gasteiger partial charge in [-0.2, -0.15) is 0 Å². The number of hydrogen-bond acceptors (Lipinski definition) is 4. The number of hydrogen-bond donors (Lipinski definition) is 1. The Morgan fingerprint density at radius 3 is 2.55 bits per heavy atom. The molecule has 0 aliphatic carbocycles. The lowest BCUT2D eigenvalue weighted by Crippen LogP contribution is -2.52. The molecule has 1 aromatic carbocycles. The number of fused-ring (bicyclic) bond motifs is 3. The predicted octanol–water partition coefficient (Wildman–Crippen LogP) is 1.87. The number of ether oxygens (including phenoxy) is 1. The van der Waals surface area contributed by atoms with Gasteiger partial charge < -0.3 is 9.84 Å². The van der Waals surface area contributed by atoms with E-state index in [1.165, 1.54) is 0 Å². The van der Waals surface area contributed by atoms with E-state index in [-0.39, 0.29) is 12.5 Å². The van der Waals surface area contributed by atoms with Crippen molar-refractivity contribution >= 4 is 5.97 Å². The molecule has 0 spiro atoms. The van der Waals surface area contributed by atoms with E-state index < -0.39 is 18.2 Å². The molecule has 0 saturated carbocycles. The van der Waals surface area contributed by atoms with Gasteiger partial charge in [0.15, 0.2) is 0 Å². The topological polar surface area (TPSA) is 49.8 Å². The Morgan fingerprint density at radius 1 is 1.32 bits per heavy atom. The lowest BCUT2D eigenvalue weighted by Gasteiger charge is -2.44. The Kier molecular flexibility index (Phi) is 4.45. The van der Waals surface area contributed by atoms with Crippen LogP contribution in [0.2, 0.25) is 0 Å². The van der Waals surface area contributed by atoms with Crippen LogP contribution < -0.4 is 0 Å². The van der Waals surface area contributed by atoms with Crippen LogP contribution in [-0.4, -0.2) is 48.4 Å². The highest BCUT2D eigenvalue weighted by molar-refractivity contribution is 5.71. The van der Waals surface area contributed by atoms with E-state index in [2.05, 4.69) is 4.90 Å². The molecule has 1 N–H and O–H groups in total. The number of rotatable bonds is 5. The zero-order chi connectivity index (χ0) is 15.6. The van der Waals surface area contributed by atoms with Crippen LogP contribution in [-0.2, 0) is 15.1 Å². The van der Waals surface area contributed by atoms with Crippen LogP contribution >= 0.6 is 0 Å². The van der Waals surface area contributed by atoms with E-state index in [9.17, 15) is 14.3 Å². The van der Waals surface area contributed by atoms with Gasteiger partial charge in [0.25, 0.3) is 0 Å². The van der Waals surface area contributed by atoms with E-state index >= 15 is 0 Å². The summed E-state index contributed by atoms with van der Waals surface area (Å²) in [7, 11) is 0. The van der Waals surface area contributed by atoms with Crippen molar-refractivity contribution in [3.05, 3.63) is 35.9 Å². The second-order valence-electron chi connectivity index (χ2n) is 6.37. The van der Waals surface area contributed by atoms with Crippen molar-refractivity contribution in [1.29, 1.82) is 0 Å². The predicted molar refractivity (Wildman–Crippen MR) is 80.0 cm³/mol. The minimum absolute atomic E-state index is 0.116. The summed E-state index contributed by atoms with van der Waals surface area (Å²) in [6, 6.07) is 8.47. The average molecular weight is 306 g/mol. The summed E-state index contributed by atoms with van der Waals surface area (Å²) in [5, 5.41) is 10.4. The molecule has 0 radical (unpaired) electrons. The number of halogens is 1. The molecule has 0 amide bonds. The number of nitrogens with zero attached hydrogens (tertiary/aromatic N) is 1. The number of benzene rings is 1. The lowest BCUT2D eigenvalue weighted by molar-refractivity contribution is -0.165. The van der Waals surface area contributed by atoms with Gasteiger partial charge in [-0.3, -0.25) is 9.69 Å². The summed E-state index contributed by atoms with van der Waals surface area (Å²) in [5.41, 5.74) is -1.39. The Balaban J connectivity index is 1.63. The third kappa shape index (κ3) is 3.15. The molecule has 2 atom stereocenters. The number of alkyl halides is 1. The van der Waals surface area contributed by atoms with Crippen molar-refractivity contribution in [2.45, 2.75) is 31.0 Å². The zero-order valence-corrected chi connectivity index (χ0v) is 12.6. The highest BCUT2D eigenvalue weighted by atomic mass is 18.2. The third-order valence-electron chi connectivity index (χ3n) is 4.85. The van der Waals surface area contributed by atoms with Crippen LogP contribution in [0, 0.1) is 5.92 Å². The van der Waals surface area contributed by atoms with E-state index in [0.717, 1.165) is 32.5 Å². The van der Waals surface area contributed by atoms with Crippen molar-refractivity contribution in [2.24, 2.45) is 5.92 Å². The summed E-state index contributed by atoms with van der Waals surface area (Å²) in [6.07, 6.45) is 1.62. The first-order chi connectivity index (χ1) is 10.6. The van der Waals surface area contributed by atoms with E-state index in [0.29, 0.717) is 11.5 Å². The molecule has 3 aliphatic rings. The first-order valence-electron chi connectivity index (χ1n) is 7.86. The molecule has 120 valence electrons. The van der Waals surface area contributed by atoms with Gasteiger partial charge in [-0.1, -0.05) is 30.3 Å². The number of piperidine rings is 3. The Bertz CT molecular complexity index is 516. The van der Waals surface area contributed by atoms with Gasteiger partial charge in [0.05, 0.1) is 6.42 Å². The molecule has 3 heterocycles. The normalized spacial score (nSPS) is 29.8. The zero-order valence-electron chi connectivity index (χ0n) is 12.6. The average Bonchev–Trinajstić information content (AvgIpc) is 2.56. The fraction of sp³-hybridized carbons (Fsp3) is 0.588. The maximum Gasteiger partial charge on any atom is 0.309 e. The lowest BCUT2D eigenvalue weighted by atomic mass is 9.85. The van der Waals surface area contributed by atoms with Crippen molar-refractivity contribution in [3.8, 4) is 0 Å². The molecule has 2 bridgehead atoms. The highest BCUT2D eigenvalue weighted by Crippen LogP contribution is 2.31. The number of esters is 1. The Hall–Kier alpha value is -1.46. The minimum atomic E-state index is -1.80. The second kappa shape index (κ2) is 6.34. The third-order valence-corrected chi connectivity index (χ3v) is 4.85. The van der Waals surface area contributed by atoms with Crippen LogP contribution in [0.3, 0.4) is 0 Å². The van der Waals surface area contributed by atoms with Gasteiger partial charge in [0.2, 0.25) is 0 Å². The summed E-state index contributed by atoms with van der Waals surface area (Å²) >= 11 is 0. The van der Waals surface area contributed by atoms with Crippen LogP contribution in [0.1, 0.15) is 24.8 Å². The fourth-order valence-electron chi connectivity index (χ4n) is 3.47. The van der Waals surface area contributed by atoms with Crippen molar-refractivity contribution < 1.29 is 19.0 Å². The highest BCUT2D eigenvalue weighted by Gasteiger charge is 2.39. The number of carbonyl (C=O) groups excluding carboxylic acids is 1. The molecule has 2 unspecified atom stereocenters. The van der Waals surface area contributed by atoms with E-state index in [4.69, 9.17) is 4.74 Å². The molecule has 5 heteroatoms. The minimum Gasteiger partial charge on any atom is -0.461 e. The summed E-state index contributed by atoms with van der Waals surface area (Å²) < 4.78 is 18.9. The van der Waals surface area contributed by atoms with Gasteiger partial charge in [-0.05, 0) is 37.4 Å². The molecule has 0 aromatic heterocycles. The molecular weight excluding hydrogens is 284 g/mol. The molecular formula is C17H22FNO3. The number of aliphatic hydroxyl groups is 1. The Labute approximate surface area is 129 Å². The molecule has 1 aromatic rings. The van der Waals surface area contributed by atoms with Gasteiger partial charge >= 0.3 is 5.97 Å². The van der Waals surface area contributed by atoms with Crippen molar-refractivity contribution in [3.63, 3.8) is 0 Å². The van der Waals surface area contributed by atoms with Crippen LogP contribution in [0.25, 0.3) is 0 Å². The van der Waals surface area contributed by atoms with Crippen LogP contribution in [0.4, 0.5) is 4.39 Å². The number of carbonyl (C=O) groups is 1. The fourth-order valence-corrected chi connectivity index (χ4v) is 3.47. The van der Waals surface area contributed by atoms with E-state index in [1.54, 1.807) is 30.3 Å². The maximum atomic E-state index is 13.4. The standard InChI is InChI=1S/C17H22FNO3/c18-12-17(21,14-4-2-1-3-5-14)10-16(20)22-15-11-19-8-6-13(15)7-9-19/h1-5,13,15,21H,6-12H2/i18-1. The van der Waals surface area contributed by atoms with Crippen LogP contribution in [0.15, 0.2) is 30.3 Å². The van der Waals surface area contributed by atoms with Gasteiger partial charge in [0, 0.05) is 6.54 Å². The first-order valence-corrected chi connectivity index (χ1v) is 7.86. The Morgan fingerprint density at radius 2 is 2.00 bits per heavy atom. The van der Waals surface area contributed by atoms with E-state index in [1.807, 2.05) is 0 Å². The maximum absolute atomic E-state index is 13.4. The van der Waals surface area contributed by atoms with Gasteiger partial charge in [-0.25, -0.2) is 4.39 Å². The monoisotopic (exact) mass is 306 g/mol. The molecule has 22 heavy (non-hydrogen) atoms. The first kappa shape index (κ1) is 15.4. The quantitative estimate of drug-likeness (QED) is 0.844. The molecule has 3 fully saturated rings. The summed E-state index contributed by atoms with van der Waals surface area (Å²) in [6.45, 7) is 1.89.